The Kier molecular flexibility index (Phi) is 7.27. The van der Waals surface area contributed by atoms with E-state index >= 15 is 0 Å². The van der Waals surface area contributed by atoms with Gasteiger partial charge in [0.15, 0.2) is 0 Å². The van der Waals surface area contributed by atoms with Crippen LogP contribution in [0.4, 0.5) is 0 Å². The van der Waals surface area contributed by atoms with Crippen molar-refractivity contribution < 1.29 is 16.8 Å². The van der Waals surface area contributed by atoms with Crippen LogP contribution in [-0.4, -0.2) is 46.2 Å². The van der Waals surface area contributed by atoms with Gasteiger partial charge in [-0.3, -0.25) is 0 Å². The lowest BCUT2D eigenvalue weighted by Crippen LogP contribution is -2.38. The molecular formula is C13H21ClN2O4S2. The molecule has 22 heavy (non-hydrogen) atoms. The van der Waals surface area contributed by atoms with E-state index in [2.05, 4.69) is 4.72 Å². The predicted octanol–water partition coefficient (Wildman–Crippen LogP) is 1.43. The first kappa shape index (κ1) is 19.4. The zero-order valence-electron chi connectivity index (χ0n) is 12.6. The molecule has 9 heteroatoms. The number of nitrogens with zero attached hydrogens (tertiary/aromatic N) is 1. The Bertz CT molecular complexity index is 672. The van der Waals surface area contributed by atoms with Gasteiger partial charge in [0.25, 0.3) is 0 Å². The fourth-order valence-electron chi connectivity index (χ4n) is 1.82. The standard InChI is InChI=1S/C13H21ClN2O4S2/c1-3-10-22(19,20)15-8-9-16(21(2,17)18)11-12-4-6-13(14)7-5-12/h4-7,15H,3,8-11H2,1-2H3. The highest BCUT2D eigenvalue weighted by Crippen LogP contribution is 2.12. The summed E-state index contributed by atoms with van der Waals surface area (Å²) < 4.78 is 50.4. The Morgan fingerprint density at radius 2 is 1.73 bits per heavy atom. The van der Waals surface area contributed by atoms with Crippen molar-refractivity contribution in [2.24, 2.45) is 0 Å². The van der Waals surface area contributed by atoms with Gasteiger partial charge in [-0.05, 0) is 24.1 Å². The topological polar surface area (TPSA) is 83.6 Å². The smallest absolute Gasteiger partial charge is 0.211 e. The lowest BCUT2D eigenvalue weighted by molar-refractivity contribution is 0.412. The summed E-state index contributed by atoms with van der Waals surface area (Å²) >= 11 is 5.79. The van der Waals surface area contributed by atoms with Crippen LogP contribution in [0.15, 0.2) is 24.3 Å². The van der Waals surface area contributed by atoms with Gasteiger partial charge in [0.1, 0.15) is 0 Å². The maximum absolute atomic E-state index is 11.8. The number of benzene rings is 1. The van der Waals surface area contributed by atoms with Gasteiger partial charge in [-0.1, -0.05) is 30.7 Å². The monoisotopic (exact) mass is 368 g/mol. The highest BCUT2D eigenvalue weighted by atomic mass is 35.5. The van der Waals surface area contributed by atoms with E-state index in [1.165, 1.54) is 4.31 Å². The molecule has 0 saturated heterocycles. The molecule has 0 amide bonds. The number of sulfonamides is 2. The molecule has 0 bridgehead atoms. The van der Waals surface area contributed by atoms with Crippen LogP contribution in [0, 0.1) is 0 Å². The largest absolute Gasteiger partial charge is 0.214 e. The van der Waals surface area contributed by atoms with Crippen LogP contribution >= 0.6 is 11.6 Å². The quantitative estimate of drug-likeness (QED) is 0.714. The van der Waals surface area contributed by atoms with Crippen molar-refractivity contribution in [3.8, 4) is 0 Å². The van der Waals surface area contributed by atoms with Gasteiger partial charge in [-0.25, -0.2) is 21.6 Å². The summed E-state index contributed by atoms with van der Waals surface area (Å²) in [6.45, 7) is 2.06. The molecule has 6 nitrogen and oxygen atoms in total. The number of nitrogens with one attached hydrogen (secondary N) is 1. The maximum Gasteiger partial charge on any atom is 0.211 e. The average molecular weight is 369 g/mol. The molecule has 1 rings (SSSR count). The van der Waals surface area contributed by atoms with Gasteiger partial charge in [0.05, 0.1) is 12.0 Å². The molecule has 1 N–H and O–H groups in total. The molecule has 0 heterocycles. The summed E-state index contributed by atoms with van der Waals surface area (Å²) in [5.74, 6) is 0.0308. The molecule has 0 aliphatic rings. The van der Waals surface area contributed by atoms with E-state index in [0.717, 1.165) is 11.8 Å². The summed E-state index contributed by atoms with van der Waals surface area (Å²) in [5, 5.41) is 0.571. The van der Waals surface area contributed by atoms with Crippen LogP contribution in [0.5, 0.6) is 0 Å². The molecular weight excluding hydrogens is 348 g/mol. The van der Waals surface area contributed by atoms with Crippen molar-refractivity contribution in [1.29, 1.82) is 0 Å². The highest BCUT2D eigenvalue weighted by Gasteiger charge is 2.18. The van der Waals surface area contributed by atoms with E-state index in [1.807, 2.05) is 0 Å². The summed E-state index contributed by atoms with van der Waals surface area (Å²) in [7, 11) is -6.78. The first-order valence-corrected chi connectivity index (χ1v) is 10.7. The molecule has 1 aromatic carbocycles. The molecule has 0 radical (unpaired) electrons. The minimum absolute atomic E-state index is 0.0308. The fraction of sp³-hybridized carbons (Fsp3) is 0.538. The number of hydrogen-bond donors (Lipinski definition) is 1. The number of hydrogen-bond acceptors (Lipinski definition) is 4. The van der Waals surface area contributed by atoms with Crippen molar-refractivity contribution in [3.63, 3.8) is 0 Å². The summed E-state index contributed by atoms with van der Waals surface area (Å²) in [5.41, 5.74) is 0.784. The second-order valence-corrected chi connectivity index (χ2v) is 9.28. The zero-order valence-corrected chi connectivity index (χ0v) is 15.0. The van der Waals surface area contributed by atoms with Gasteiger partial charge in [-0.15, -0.1) is 0 Å². The van der Waals surface area contributed by atoms with E-state index in [4.69, 9.17) is 11.6 Å². The van der Waals surface area contributed by atoms with Crippen LogP contribution < -0.4 is 4.72 Å². The molecule has 0 aromatic heterocycles. The van der Waals surface area contributed by atoms with E-state index in [1.54, 1.807) is 31.2 Å². The Labute approximate surface area is 137 Å². The lowest BCUT2D eigenvalue weighted by atomic mass is 10.2. The van der Waals surface area contributed by atoms with E-state index in [-0.39, 0.29) is 25.4 Å². The molecule has 0 spiro atoms. The minimum atomic E-state index is -3.44. The van der Waals surface area contributed by atoms with Crippen LogP contribution in [-0.2, 0) is 26.6 Å². The van der Waals surface area contributed by atoms with Crippen LogP contribution in [0.2, 0.25) is 5.02 Å². The van der Waals surface area contributed by atoms with Gasteiger partial charge in [0.2, 0.25) is 20.0 Å². The molecule has 0 unspecified atom stereocenters. The van der Waals surface area contributed by atoms with Crippen LogP contribution in [0.1, 0.15) is 18.9 Å². The molecule has 0 fully saturated rings. The van der Waals surface area contributed by atoms with Crippen molar-refractivity contribution in [3.05, 3.63) is 34.9 Å². The van der Waals surface area contributed by atoms with Gasteiger partial charge in [0, 0.05) is 24.7 Å². The fourth-order valence-corrected chi connectivity index (χ4v) is 3.84. The molecule has 0 saturated carbocycles. The van der Waals surface area contributed by atoms with Gasteiger partial charge < -0.3 is 0 Å². The van der Waals surface area contributed by atoms with E-state index in [9.17, 15) is 16.8 Å². The SMILES string of the molecule is CCCS(=O)(=O)NCCN(Cc1ccc(Cl)cc1)S(C)(=O)=O. The van der Waals surface area contributed by atoms with Crippen molar-refractivity contribution in [2.45, 2.75) is 19.9 Å². The van der Waals surface area contributed by atoms with Crippen molar-refractivity contribution in [1.82, 2.24) is 9.03 Å². The molecule has 1 aromatic rings. The molecule has 0 aliphatic carbocycles. The summed E-state index contributed by atoms with van der Waals surface area (Å²) in [4.78, 5) is 0. The predicted molar refractivity (Wildman–Crippen MR) is 88.8 cm³/mol. The van der Waals surface area contributed by atoms with Crippen LogP contribution in [0.3, 0.4) is 0 Å². The third-order valence-electron chi connectivity index (χ3n) is 2.90. The van der Waals surface area contributed by atoms with Gasteiger partial charge in [-0.2, -0.15) is 4.31 Å². The lowest BCUT2D eigenvalue weighted by Gasteiger charge is -2.20. The Morgan fingerprint density at radius 3 is 2.23 bits per heavy atom. The Hall–Kier alpha value is -0.670. The Morgan fingerprint density at radius 1 is 1.14 bits per heavy atom. The summed E-state index contributed by atoms with van der Waals surface area (Å²) in [6.07, 6.45) is 1.61. The third kappa shape index (κ3) is 7.06. The van der Waals surface area contributed by atoms with Gasteiger partial charge >= 0.3 is 0 Å². The maximum atomic E-state index is 11.8. The van der Waals surface area contributed by atoms with Crippen molar-refractivity contribution in [2.75, 3.05) is 25.1 Å². The Balaban J connectivity index is 2.69. The zero-order chi connectivity index (χ0) is 16.8. The van der Waals surface area contributed by atoms with Crippen molar-refractivity contribution >= 4 is 31.6 Å². The average Bonchev–Trinajstić information content (AvgIpc) is 2.38. The van der Waals surface area contributed by atoms with E-state index < -0.39 is 20.0 Å². The minimum Gasteiger partial charge on any atom is -0.214 e. The summed E-state index contributed by atoms with van der Waals surface area (Å²) in [6, 6.07) is 6.84. The number of rotatable bonds is 9. The molecule has 126 valence electrons. The number of halogens is 1. The highest BCUT2D eigenvalue weighted by molar-refractivity contribution is 7.89. The second-order valence-electron chi connectivity index (χ2n) is 4.94. The second kappa shape index (κ2) is 8.26. The third-order valence-corrected chi connectivity index (χ3v) is 5.99. The molecule has 0 aliphatic heterocycles. The van der Waals surface area contributed by atoms with E-state index in [0.29, 0.717) is 11.4 Å². The molecule has 0 atom stereocenters. The normalized spacial score (nSPS) is 12.7. The first-order valence-electron chi connectivity index (χ1n) is 6.81. The van der Waals surface area contributed by atoms with Crippen LogP contribution in [0.25, 0.3) is 0 Å². The first-order chi connectivity index (χ1) is 10.1.